The molecule has 82 heavy (non-hydrogen) atoms. The van der Waals surface area contributed by atoms with Crippen LogP contribution in [0.5, 0.6) is 0 Å². The molecule has 0 spiro atoms. The molecule has 1 saturated carbocycles. The number of esters is 1. The van der Waals surface area contributed by atoms with Crippen LogP contribution in [0.4, 0.5) is 0 Å². The number of carbonyl (C=O) groups excluding carboxylic acids is 5. The van der Waals surface area contributed by atoms with Crippen LogP contribution in [0.2, 0.25) is 0 Å². The number of ketones is 3. The average molecular weight is 1150 g/mol. The van der Waals surface area contributed by atoms with Crippen LogP contribution in [0.25, 0.3) is 0 Å². The fourth-order valence-corrected chi connectivity index (χ4v) is 12.9. The van der Waals surface area contributed by atoms with E-state index in [0.717, 1.165) is 76.8 Å². The molecule has 1 N–H and O–H groups in total. The van der Waals surface area contributed by atoms with Crippen LogP contribution in [-0.4, -0.2) is 204 Å². The van der Waals surface area contributed by atoms with Gasteiger partial charge in [-0.3, -0.25) is 19.2 Å². The lowest BCUT2D eigenvalue weighted by atomic mass is 9.78. The summed E-state index contributed by atoms with van der Waals surface area (Å²) < 4.78 is 49.1. The number of Topliss-reactive ketones (excluding diaryl/α,β-unsaturated/α-hetero) is 3. The smallest absolute Gasteiger partial charge is 0.329 e. The van der Waals surface area contributed by atoms with Crippen molar-refractivity contribution in [1.82, 2.24) is 14.7 Å². The Hall–Kier alpha value is -3.49. The monoisotopic (exact) mass is 1150 g/mol. The number of cyclic esters (lactones) is 1. The number of methoxy groups -OCH3 is 2. The molecule has 1 unspecified atom stereocenters. The predicted molar refractivity (Wildman–Crippen MR) is 315 cm³/mol. The van der Waals surface area contributed by atoms with Gasteiger partial charge in [-0.1, -0.05) is 71.1 Å². The van der Waals surface area contributed by atoms with Gasteiger partial charge in [0.2, 0.25) is 5.78 Å². The second kappa shape index (κ2) is 34.6. The van der Waals surface area contributed by atoms with E-state index < -0.39 is 53.8 Å². The molecule has 17 heteroatoms. The van der Waals surface area contributed by atoms with E-state index >= 15 is 0 Å². The third-order valence-electron chi connectivity index (χ3n) is 18.5. The highest BCUT2D eigenvalue weighted by molar-refractivity contribution is 6.36. The maximum atomic E-state index is 14.6. The van der Waals surface area contributed by atoms with Gasteiger partial charge in [-0.25, -0.2) is 4.79 Å². The van der Waals surface area contributed by atoms with Crippen molar-refractivity contribution < 1.29 is 67.0 Å². The van der Waals surface area contributed by atoms with Crippen molar-refractivity contribution >= 4 is 29.2 Å². The molecular formula is C65H105N3O14. The Labute approximate surface area is 491 Å². The molecular weight excluding hydrogens is 1050 g/mol. The lowest BCUT2D eigenvalue weighted by Gasteiger charge is -2.38. The molecule has 17 nitrogen and oxygen atoms in total. The molecule has 1 amide bonds. The minimum absolute atomic E-state index is 0.0188. The molecule has 5 heterocycles. The molecule has 5 fully saturated rings. The highest BCUT2D eigenvalue weighted by Crippen LogP contribution is 2.36. The zero-order valence-electron chi connectivity index (χ0n) is 51.7. The first kappa shape index (κ1) is 67.6. The van der Waals surface area contributed by atoms with Gasteiger partial charge in [0, 0.05) is 91.2 Å². The van der Waals surface area contributed by atoms with E-state index in [1.165, 1.54) is 12.0 Å². The van der Waals surface area contributed by atoms with Crippen molar-refractivity contribution in [3.05, 3.63) is 47.6 Å². The standard InChI is InChI=1S/C65H105N3O14/c1-43-17-12-11-13-18-44(2)58(80-34-33-78-52-41-77-42-52)39-51-22-20-45(3)56(81-51)25-23-54(69)64(73)68-27-15-14-19-53(68)65(74)82-59(40-55(70)46(4)36-49(7)62(72)63(76-10)61(71)48(6)35-43)47(5)37-50-21-24-57(60(38-50)75-9)79-32-16-26-67-30-28-66(8)29-31-67/h11-13,17-18,36,43,45-48,50-53,56-60,62-63,72H,14-16,19-35,37-42H2,1-10H3/b13-11+,17-12+,44-18+,49-36+/t43-,45-,46-,47-,48-,50+,51+,53+,56-,57-,58?,59+,60-,62-,63+/m1/s1. The average Bonchev–Trinajstić information content (AvgIpc) is 3.66. The number of carbonyl (C=O) groups is 5. The Morgan fingerprint density at radius 1 is 0.768 bits per heavy atom. The molecule has 0 aromatic heterocycles. The highest BCUT2D eigenvalue weighted by atomic mass is 16.6. The summed E-state index contributed by atoms with van der Waals surface area (Å²) in [5.41, 5.74) is 1.44. The summed E-state index contributed by atoms with van der Waals surface area (Å²) in [6, 6.07) is -0.981. The molecule has 2 bridgehead atoms. The van der Waals surface area contributed by atoms with Gasteiger partial charge in [-0.2, -0.15) is 0 Å². The highest BCUT2D eigenvalue weighted by Gasteiger charge is 2.41. The zero-order chi connectivity index (χ0) is 59.3. The number of nitrogens with zero attached hydrogens (tertiary/aromatic N) is 3. The Kier molecular flexibility index (Phi) is 28.5. The number of aliphatic hydroxyl groups excluding tert-OH is 1. The minimum atomic E-state index is -1.30. The molecule has 0 radical (unpaired) electrons. The van der Waals surface area contributed by atoms with E-state index in [-0.39, 0.29) is 91.2 Å². The Morgan fingerprint density at radius 2 is 1.52 bits per heavy atom. The summed E-state index contributed by atoms with van der Waals surface area (Å²) in [6.07, 6.45) is 16.6. The lowest BCUT2D eigenvalue weighted by molar-refractivity contribution is -0.166. The summed E-state index contributed by atoms with van der Waals surface area (Å²) in [6.45, 7) is 21.8. The summed E-state index contributed by atoms with van der Waals surface area (Å²) in [5, 5.41) is 11.6. The van der Waals surface area contributed by atoms with Gasteiger partial charge in [0.15, 0.2) is 5.78 Å². The van der Waals surface area contributed by atoms with E-state index in [1.807, 2.05) is 45.1 Å². The molecule has 0 aromatic carbocycles. The second-order valence-corrected chi connectivity index (χ2v) is 25.2. The third-order valence-corrected chi connectivity index (χ3v) is 18.5. The van der Waals surface area contributed by atoms with E-state index in [4.69, 9.17) is 37.9 Å². The van der Waals surface area contributed by atoms with Crippen molar-refractivity contribution in [3.8, 4) is 0 Å². The van der Waals surface area contributed by atoms with E-state index in [9.17, 15) is 29.1 Å². The SMILES string of the molecule is CO[C@@H]1C[C@H](C[C@@H](C)[C@@H]2CC(=O)[C@H](C)/C=C(\C)[C@@H](O)[C@@H](OC)C(=O)[C@H](C)C[C@H](C)/C=C/C=C/C=C(\C)C(OCCOC3COC3)C[C@@H]3CC[C@@H](C)[C@@H](CCC(=O)C(=O)N4CCCC[C@H]4C(=O)O2)O3)CC[C@H]1OCCCN1CCN(C)CC1. The minimum Gasteiger partial charge on any atom is -0.460 e. The van der Waals surface area contributed by atoms with Gasteiger partial charge in [0.1, 0.15) is 36.2 Å². The van der Waals surface area contributed by atoms with Gasteiger partial charge in [-0.05, 0) is 133 Å². The summed E-state index contributed by atoms with van der Waals surface area (Å²) in [4.78, 5) is 77.5. The van der Waals surface area contributed by atoms with E-state index in [0.29, 0.717) is 83.6 Å². The normalized spacial score (nSPS) is 36.6. The Bertz CT molecular complexity index is 2140. The Morgan fingerprint density at radius 3 is 2.24 bits per heavy atom. The molecule has 6 aliphatic rings. The largest absolute Gasteiger partial charge is 0.460 e. The molecule has 0 aromatic rings. The number of hydrogen-bond donors (Lipinski definition) is 1. The summed E-state index contributed by atoms with van der Waals surface area (Å²) in [5.74, 6) is -3.30. The number of hydrogen-bond acceptors (Lipinski definition) is 16. The number of piperidine rings is 1. The first-order valence-corrected chi connectivity index (χ1v) is 31.4. The van der Waals surface area contributed by atoms with Crippen molar-refractivity contribution in [1.29, 1.82) is 0 Å². The van der Waals surface area contributed by atoms with Gasteiger partial charge in [0.05, 0.1) is 56.9 Å². The lowest BCUT2D eigenvalue weighted by Crippen LogP contribution is -2.52. The summed E-state index contributed by atoms with van der Waals surface area (Å²) >= 11 is 0. The Balaban J connectivity index is 1.19. The molecule has 1 aliphatic carbocycles. The fraction of sp³-hybridized carbons (Fsp3) is 0.800. The van der Waals surface area contributed by atoms with Crippen LogP contribution in [0.15, 0.2) is 47.6 Å². The van der Waals surface area contributed by atoms with Crippen LogP contribution < -0.4 is 0 Å². The van der Waals surface area contributed by atoms with Gasteiger partial charge in [-0.15, -0.1) is 0 Å². The van der Waals surface area contributed by atoms with Crippen LogP contribution >= 0.6 is 0 Å². The number of piperazine rings is 1. The number of amides is 1. The van der Waals surface area contributed by atoms with Crippen LogP contribution in [0.1, 0.15) is 145 Å². The van der Waals surface area contributed by atoms with Crippen molar-refractivity contribution in [2.45, 2.75) is 206 Å². The van der Waals surface area contributed by atoms with Crippen LogP contribution in [-0.2, 0) is 61.9 Å². The van der Waals surface area contributed by atoms with Crippen LogP contribution in [0.3, 0.4) is 0 Å². The molecule has 15 atom stereocenters. The number of ether oxygens (including phenoxy) is 8. The molecule has 5 aliphatic heterocycles. The molecule has 6 rings (SSSR count). The predicted octanol–water partition coefficient (Wildman–Crippen LogP) is 8.09. The fourth-order valence-electron chi connectivity index (χ4n) is 12.9. The summed E-state index contributed by atoms with van der Waals surface area (Å²) in [7, 11) is 5.31. The number of fused-ring (bicyclic) bond motifs is 3. The number of aliphatic hydroxyl groups is 1. The van der Waals surface area contributed by atoms with Gasteiger partial charge in [0.25, 0.3) is 5.91 Å². The van der Waals surface area contributed by atoms with Crippen molar-refractivity contribution in [3.63, 3.8) is 0 Å². The zero-order valence-corrected chi connectivity index (χ0v) is 51.7. The van der Waals surface area contributed by atoms with Gasteiger partial charge >= 0.3 is 5.97 Å². The van der Waals surface area contributed by atoms with Gasteiger partial charge < -0.3 is 57.7 Å². The quantitative estimate of drug-likeness (QED) is 0.0716. The second-order valence-electron chi connectivity index (χ2n) is 25.2. The molecule has 4 saturated heterocycles. The topological polar surface area (TPSA) is 189 Å². The third kappa shape index (κ3) is 20.9. The van der Waals surface area contributed by atoms with Crippen molar-refractivity contribution in [2.75, 3.05) is 93.6 Å². The van der Waals surface area contributed by atoms with E-state index in [2.05, 4.69) is 36.8 Å². The first-order chi connectivity index (χ1) is 39.3. The first-order valence-electron chi connectivity index (χ1n) is 31.4. The maximum Gasteiger partial charge on any atom is 0.329 e. The van der Waals surface area contributed by atoms with Crippen LogP contribution in [0, 0.1) is 35.5 Å². The van der Waals surface area contributed by atoms with Crippen molar-refractivity contribution in [2.24, 2.45) is 35.5 Å². The molecule has 464 valence electrons. The van der Waals surface area contributed by atoms with E-state index in [1.54, 1.807) is 27.0 Å². The maximum absolute atomic E-state index is 14.6. The number of allylic oxidation sites excluding steroid dienone is 6. The number of likely N-dealkylation sites (N-methyl/N-ethyl adjacent to an activating group) is 1. The number of rotatable bonds is 15.